The molecule has 0 aromatic heterocycles. The summed E-state index contributed by atoms with van der Waals surface area (Å²) in [5.74, 6) is 0.841. The number of aliphatic hydroxyl groups is 1. The Bertz CT molecular complexity index is 382. The molecule has 112 valence electrons. The summed E-state index contributed by atoms with van der Waals surface area (Å²) in [6.07, 6.45) is 2.26. The summed E-state index contributed by atoms with van der Waals surface area (Å²) in [5.41, 5.74) is -0.164. The van der Waals surface area contributed by atoms with Crippen molar-refractivity contribution in [2.45, 2.75) is 38.0 Å². The molecule has 0 unspecified atom stereocenters. The molecule has 3 nitrogen and oxygen atoms in total. The van der Waals surface area contributed by atoms with Crippen molar-refractivity contribution < 1.29 is 9.90 Å². The molecule has 0 saturated heterocycles. The second-order valence-electron chi connectivity index (χ2n) is 5.05. The zero-order chi connectivity index (χ0) is 14.8. The third kappa shape index (κ3) is 5.55. The summed E-state index contributed by atoms with van der Waals surface area (Å²) in [6, 6.07) is 10.1. The molecule has 0 saturated carbocycles. The van der Waals surface area contributed by atoms with Gasteiger partial charge in [0.15, 0.2) is 0 Å². The van der Waals surface area contributed by atoms with Gasteiger partial charge in [0, 0.05) is 29.0 Å². The van der Waals surface area contributed by atoms with E-state index in [1.54, 1.807) is 11.8 Å². The molecule has 0 bridgehead atoms. The predicted octanol–water partition coefficient (Wildman–Crippen LogP) is 3.08. The maximum atomic E-state index is 11.8. The minimum atomic E-state index is -0.164. The van der Waals surface area contributed by atoms with Gasteiger partial charge >= 0.3 is 0 Å². The van der Waals surface area contributed by atoms with Crippen LogP contribution in [-0.4, -0.2) is 29.9 Å². The molecule has 0 spiro atoms. The number of nitrogens with one attached hydrogen (secondary N) is 1. The van der Waals surface area contributed by atoms with Crippen molar-refractivity contribution in [3.05, 3.63) is 30.3 Å². The Morgan fingerprint density at radius 1 is 1.25 bits per heavy atom. The second kappa shape index (κ2) is 9.03. The third-order valence-corrected chi connectivity index (χ3v) is 4.85. The van der Waals surface area contributed by atoms with Crippen molar-refractivity contribution in [3.63, 3.8) is 0 Å². The van der Waals surface area contributed by atoms with E-state index in [0.717, 1.165) is 18.6 Å². The van der Waals surface area contributed by atoms with E-state index >= 15 is 0 Å². The number of hydrogen-bond acceptors (Lipinski definition) is 3. The van der Waals surface area contributed by atoms with Gasteiger partial charge in [0.25, 0.3) is 0 Å². The lowest BCUT2D eigenvalue weighted by Gasteiger charge is -2.29. The Morgan fingerprint density at radius 2 is 1.90 bits per heavy atom. The fraction of sp³-hybridized carbons (Fsp3) is 0.562. The topological polar surface area (TPSA) is 49.3 Å². The van der Waals surface area contributed by atoms with E-state index in [1.165, 1.54) is 4.90 Å². The summed E-state index contributed by atoms with van der Waals surface area (Å²) in [6.45, 7) is 4.79. The number of thioether (sulfide) groups is 1. The number of rotatable bonds is 9. The Hall–Kier alpha value is -1.00. The third-order valence-electron chi connectivity index (χ3n) is 3.84. The normalized spacial score (nSPS) is 11.3. The van der Waals surface area contributed by atoms with Crippen LogP contribution in [0.5, 0.6) is 0 Å². The van der Waals surface area contributed by atoms with E-state index in [4.69, 9.17) is 0 Å². The van der Waals surface area contributed by atoms with Gasteiger partial charge in [0.05, 0.1) is 6.61 Å². The second-order valence-corrected chi connectivity index (χ2v) is 6.22. The highest BCUT2D eigenvalue weighted by Gasteiger charge is 2.25. The number of aliphatic hydroxyl groups excluding tert-OH is 1. The Morgan fingerprint density at radius 3 is 2.45 bits per heavy atom. The van der Waals surface area contributed by atoms with Crippen molar-refractivity contribution in [2.75, 3.05) is 18.9 Å². The van der Waals surface area contributed by atoms with E-state index < -0.39 is 0 Å². The van der Waals surface area contributed by atoms with Crippen LogP contribution in [0.15, 0.2) is 35.2 Å². The fourth-order valence-electron chi connectivity index (χ4n) is 1.93. The zero-order valence-corrected chi connectivity index (χ0v) is 13.2. The Labute approximate surface area is 126 Å². The fourth-order valence-corrected chi connectivity index (χ4v) is 2.81. The summed E-state index contributed by atoms with van der Waals surface area (Å²) in [4.78, 5) is 13.0. The first-order chi connectivity index (χ1) is 9.65. The summed E-state index contributed by atoms with van der Waals surface area (Å²) in [7, 11) is 0. The molecule has 0 heterocycles. The quantitative estimate of drug-likeness (QED) is 0.688. The number of carbonyl (C=O) groups is 1. The van der Waals surface area contributed by atoms with Crippen LogP contribution in [0.2, 0.25) is 0 Å². The molecule has 20 heavy (non-hydrogen) atoms. The first kappa shape index (κ1) is 17.1. The van der Waals surface area contributed by atoms with E-state index in [2.05, 4.69) is 19.2 Å². The molecule has 4 heteroatoms. The van der Waals surface area contributed by atoms with Crippen LogP contribution in [-0.2, 0) is 4.79 Å². The van der Waals surface area contributed by atoms with Crippen LogP contribution in [0.1, 0.15) is 33.1 Å². The molecule has 1 aromatic rings. The first-order valence-electron chi connectivity index (χ1n) is 7.21. The van der Waals surface area contributed by atoms with Crippen LogP contribution < -0.4 is 5.32 Å². The lowest BCUT2D eigenvalue weighted by Crippen LogP contribution is -2.39. The van der Waals surface area contributed by atoms with Crippen molar-refractivity contribution in [1.82, 2.24) is 5.32 Å². The van der Waals surface area contributed by atoms with Crippen molar-refractivity contribution in [1.29, 1.82) is 0 Å². The average Bonchev–Trinajstić information content (AvgIpc) is 2.50. The van der Waals surface area contributed by atoms with Crippen molar-refractivity contribution >= 4 is 17.7 Å². The minimum absolute atomic E-state index is 0.0631. The molecule has 0 aliphatic carbocycles. The largest absolute Gasteiger partial charge is 0.396 e. The van der Waals surface area contributed by atoms with Crippen LogP contribution in [0.3, 0.4) is 0 Å². The van der Waals surface area contributed by atoms with Gasteiger partial charge in [0.2, 0.25) is 5.91 Å². The van der Waals surface area contributed by atoms with Gasteiger partial charge in [-0.05, 0) is 25.0 Å². The highest BCUT2D eigenvalue weighted by molar-refractivity contribution is 7.99. The molecular formula is C16H25NO2S. The highest BCUT2D eigenvalue weighted by atomic mass is 32.2. The standard InChI is InChI=1S/C16H25NO2S/c1-3-16(4-2,13-18)12-17-15(19)10-11-20-14-8-6-5-7-9-14/h5-9,18H,3-4,10-13H2,1-2H3,(H,17,19). The van der Waals surface area contributed by atoms with E-state index in [9.17, 15) is 9.90 Å². The predicted molar refractivity (Wildman–Crippen MR) is 84.9 cm³/mol. The van der Waals surface area contributed by atoms with Gasteiger partial charge in [0.1, 0.15) is 0 Å². The smallest absolute Gasteiger partial charge is 0.220 e. The molecule has 0 atom stereocenters. The SMILES string of the molecule is CCC(CC)(CO)CNC(=O)CCSc1ccccc1. The summed E-state index contributed by atoms with van der Waals surface area (Å²) in [5, 5.41) is 12.4. The molecule has 0 radical (unpaired) electrons. The Kier molecular flexibility index (Phi) is 7.70. The maximum Gasteiger partial charge on any atom is 0.220 e. The lowest BCUT2D eigenvalue weighted by atomic mass is 9.83. The van der Waals surface area contributed by atoms with Gasteiger partial charge < -0.3 is 10.4 Å². The molecule has 2 N–H and O–H groups in total. The monoisotopic (exact) mass is 295 g/mol. The number of carbonyl (C=O) groups excluding carboxylic acids is 1. The molecular weight excluding hydrogens is 270 g/mol. The summed E-state index contributed by atoms with van der Waals surface area (Å²) >= 11 is 1.69. The molecule has 1 aromatic carbocycles. The van der Waals surface area contributed by atoms with Gasteiger partial charge in [-0.25, -0.2) is 0 Å². The number of benzene rings is 1. The van der Waals surface area contributed by atoms with Crippen molar-refractivity contribution in [2.24, 2.45) is 5.41 Å². The minimum Gasteiger partial charge on any atom is -0.396 e. The molecule has 1 amide bonds. The maximum absolute atomic E-state index is 11.8. The Balaban J connectivity index is 2.27. The van der Waals surface area contributed by atoms with E-state index in [-0.39, 0.29) is 17.9 Å². The van der Waals surface area contributed by atoms with Gasteiger partial charge in [-0.2, -0.15) is 0 Å². The van der Waals surface area contributed by atoms with Crippen LogP contribution in [0, 0.1) is 5.41 Å². The lowest BCUT2D eigenvalue weighted by molar-refractivity contribution is -0.121. The molecule has 1 rings (SSSR count). The number of hydrogen-bond donors (Lipinski definition) is 2. The molecule has 0 aliphatic rings. The molecule has 0 aliphatic heterocycles. The number of amides is 1. The van der Waals surface area contributed by atoms with E-state index in [0.29, 0.717) is 13.0 Å². The van der Waals surface area contributed by atoms with Crippen LogP contribution in [0.4, 0.5) is 0 Å². The van der Waals surface area contributed by atoms with E-state index in [1.807, 2.05) is 30.3 Å². The van der Waals surface area contributed by atoms with Gasteiger partial charge in [-0.1, -0.05) is 32.0 Å². The summed E-state index contributed by atoms with van der Waals surface area (Å²) < 4.78 is 0. The van der Waals surface area contributed by atoms with Crippen LogP contribution >= 0.6 is 11.8 Å². The average molecular weight is 295 g/mol. The highest BCUT2D eigenvalue weighted by Crippen LogP contribution is 2.24. The van der Waals surface area contributed by atoms with Gasteiger partial charge in [-0.15, -0.1) is 11.8 Å². The van der Waals surface area contributed by atoms with Crippen molar-refractivity contribution in [3.8, 4) is 0 Å². The zero-order valence-electron chi connectivity index (χ0n) is 12.4. The first-order valence-corrected chi connectivity index (χ1v) is 8.19. The van der Waals surface area contributed by atoms with Crippen LogP contribution in [0.25, 0.3) is 0 Å². The van der Waals surface area contributed by atoms with Gasteiger partial charge in [-0.3, -0.25) is 4.79 Å². The molecule has 0 fully saturated rings.